The predicted molar refractivity (Wildman–Crippen MR) is 144 cm³/mol. The van der Waals surface area contributed by atoms with E-state index in [1.54, 1.807) is 12.1 Å². The van der Waals surface area contributed by atoms with Gasteiger partial charge in [-0.05, 0) is 47.0 Å². The van der Waals surface area contributed by atoms with Gasteiger partial charge in [0.15, 0.2) is 0 Å². The Balaban J connectivity index is 1.86. The van der Waals surface area contributed by atoms with Gasteiger partial charge in [-0.1, -0.05) is 87.9 Å². The molecule has 1 aromatic heterocycles. The molecular weight excluding hydrogens is 470 g/mol. The van der Waals surface area contributed by atoms with E-state index in [1.807, 2.05) is 41.8 Å². The van der Waals surface area contributed by atoms with Gasteiger partial charge in [0.05, 0.1) is 11.5 Å². The molecule has 0 N–H and O–H groups in total. The summed E-state index contributed by atoms with van der Waals surface area (Å²) < 4.78 is 37.2. The molecule has 0 saturated heterocycles. The van der Waals surface area contributed by atoms with Crippen molar-refractivity contribution in [2.75, 3.05) is 0 Å². The third-order valence-corrected chi connectivity index (χ3v) is 14.7. The topological polar surface area (TPSA) is 48.3 Å². The number of rotatable bonds is 6. The summed E-state index contributed by atoms with van der Waals surface area (Å²) in [7, 11) is -6.12. The van der Waals surface area contributed by atoms with Crippen LogP contribution in [0.5, 0.6) is 0 Å². The summed E-state index contributed by atoms with van der Waals surface area (Å²) in [6.45, 7) is 11.8. The summed E-state index contributed by atoms with van der Waals surface area (Å²) in [5.74, 6) is 0. The Kier molecular flexibility index (Phi) is 6.02. The average Bonchev–Trinajstić information content (AvgIpc) is 3.15. The lowest BCUT2D eigenvalue weighted by Gasteiger charge is -2.42. The van der Waals surface area contributed by atoms with Gasteiger partial charge in [0.2, 0.25) is 18.2 Å². The SMILES string of the molecule is Cc1ccc(S(=O)(=O)c2c3c4c(cccc4n2Cc2ccccc2)[Si](C(C)C)(C(C)C)OC3)cc1. The standard InChI is InChI=1S/C29H33NO3SSi/c1-20(2)35(21(3)4)27-13-9-12-26-28(27)25(19-33-35)29(30(26)18-23-10-7-6-8-11-23)34(31,32)24-16-14-22(5)15-17-24/h6-17,20-21H,18-19H2,1-5H3. The summed E-state index contributed by atoms with van der Waals surface area (Å²) in [5, 5.41) is 2.69. The highest BCUT2D eigenvalue weighted by molar-refractivity contribution is 7.91. The molecule has 0 aliphatic carbocycles. The molecule has 2 heterocycles. The van der Waals surface area contributed by atoms with Crippen LogP contribution < -0.4 is 5.19 Å². The van der Waals surface area contributed by atoms with E-state index in [2.05, 4.69) is 58.0 Å². The van der Waals surface area contributed by atoms with Gasteiger partial charge >= 0.3 is 0 Å². The van der Waals surface area contributed by atoms with E-state index in [-0.39, 0.29) is 0 Å². The van der Waals surface area contributed by atoms with Crippen molar-refractivity contribution in [2.24, 2.45) is 0 Å². The number of sulfone groups is 1. The molecule has 0 amide bonds. The van der Waals surface area contributed by atoms with Crippen LogP contribution in [-0.2, 0) is 27.4 Å². The maximum Gasteiger partial charge on any atom is 0.230 e. The molecule has 35 heavy (non-hydrogen) atoms. The third kappa shape index (κ3) is 3.70. The Bertz CT molecular complexity index is 1480. The molecule has 1 aliphatic heterocycles. The minimum absolute atomic E-state index is 0.319. The number of nitrogens with zero attached hydrogens (tertiary/aromatic N) is 1. The Morgan fingerprint density at radius 2 is 1.54 bits per heavy atom. The second-order valence-corrected chi connectivity index (χ2v) is 16.9. The van der Waals surface area contributed by atoms with Crippen molar-refractivity contribution in [1.29, 1.82) is 0 Å². The molecule has 4 nitrogen and oxygen atoms in total. The van der Waals surface area contributed by atoms with E-state index in [9.17, 15) is 8.42 Å². The van der Waals surface area contributed by atoms with Crippen molar-refractivity contribution in [3.8, 4) is 0 Å². The molecule has 0 unspecified atom stereocenters. The minimum Gasteiger partial charge on any atom is -0.407 e. The van der Waals surface area contributed by atoms with Crippen LogP contribution in [0.4, 0.5) is 0 Å². The summed E-state index contributed by atoms with van der Waals surface area (Å²) >= 11 is 0. The molecule has 0 spiro atoms. The zero-order chi connectivity index (χ0) is 25.0. The summed E-state index contributed by atoms with van der Waals surface area (Å²) in [5.41, 5.74) is 4.63. The van der Waals surface area contributed by atoms with E-state index < -0.39 is 18.2 Å². The number of benzene rings is 3. The van der Waals surface area contributed by atoms with Gasteiger partial charge in [-0.2, -0.15) is 0 Å². The summed E-state index contributed by atoms with van der Waals surface area (Å²) in [6, 6.07) is 23.6. The molecule has 3 aromatic carbocycles. The number of aryl methyl sites for hydroxylation is 1. The Morgan fingerprint density at radius 3 is 2.17 bits per heavy atom. The molecule has 0 saturated carbocycles. The van der Waals surface area contributed by atoms with Gasteiger partial charge in [0.1, 0.15) is 5.03 Å². The Hall–Kier alpha value is -2.67. The molecule has 4 aromatic rings. The highest BCUT2D eigenvalue weighted by Crippen LogP contribution is 2.43. The first-order chi connectivity index (χ1) is 16.7. The minimum atomic E-state index is -3.77. The zero-order valence-corrected chi connectivity index (χ0v) is 22.9. The molecule has 0 atom stereocenters. The smallest absolute Gasteiger partial charge is 0.230 e. The monoisotopic (exact) mass is 503 g/mol. The largest absolute Gasteiger partial charge is 0.407 e. The number of aromatic nitrogens is 1. The van der Waals surface area contributed by atoms with Gasteiger partial charge in [0.25, 0.3) is 0 Å². The molecular formula is C29H33NO3SSi. The van der Waals surface area contributed by atoms with Crippen molar-refractivity contribution in [3.63, 3.8) is 0 Å². The Labute approximate surface area is 209 Å². The van der Waals surface area contributed by atoms with E-state index in [1.165, 1.54) is 5.19 Å². The Morgan fingerprint density at radius 1 is 0.886 bits per heavy atom. The lowest BCUT2D eigenvalue weighted by atomic mass is 10.2. The predicted octanol–water partition coefficient (Wildman–Crippen LogP) is 6.33. The second-order valence-electron chi connectivity index (χ2n) is 10.3. The van der Waals surface area contributed by atoms with Gasteiger partial charge in [-0.3, -0.25) is 0 Å². The highest BCUT2D eigenvalue weighted by atomic mass is 32.2. The van der Waals surface area contributed by atoms with E-state index >= 15 is 0 Å². The van der Waals surface area contributed by atoms with Crippen molar-refractivity contribution < 1.29 is 12.8 Å². The van der Waals surface area contributed by atoms with Gasteiger partial charge in [-0.15, -0.1) is 0 Å². The number of hydrogen-bond donors (Lipinski definition) is 0. The highest BCUT2D eigenvalue weighted by Gasteiger charge is 2.49. The van der Waals surface area contributed by atoms with Crippen LogP contribution in [0.25, 0.3) is 10.9 Å². The first-order valence-corrected chi connectivity index (χ1v) is 15.9. The molecule has 1 aliphatic rings. The molecule has 0 bridgehead atoms. The molecule has 182 valence electrons. The van der Waals surface area contributed by atoms with Crippen LogP contribution in [0.1, 0.15) is 44.4 Å². The lowest BCUT2D eigenvalue weighted by molar-refractivity contribution is 0.277. The van der Waals surface area contributed by atoms with Crippen molar-refractivity contribution in [1.82, 2.24) is 4.57 Å². The molecule has 0 fully saturated rings. The van der Waals surface area contributed by atoms with Crippen molar-refractivity contribution >= 4 is 34.2 Å². The van der Waals surface area contributed by atoms with Crippen molar-refractivity contribution in [2.45, 2.75) is 68.8 Å². The summed E-state index contributed by atoms with van der Waals surface area (Å²) in [4.78, 5) is 0.319. The van der Waals surface area contributed by atoms with Crippen LogP contribution in [0.2, 0.25) is 11.1 Å². The first-order valence-electron chi connectivity index (χ1n) is 12.3. The van der Waals surface area contributed by atoms with Crippen LogP contribution in [-0.4, -0.2) is 21.3 Å². The first kappa shape index (κ1) is 24.0. The van der Waals surface area contributed by atoms with Gasteiger partial charge in [-0.25, -0.2) is 8.42 Å². The van der Waals surface area contributed by atoms with Crippen LogP contribution >= 0.6 is 0 Å². The zero-order valence-electron chi connectivity index (χ0n) is 21.1. The quantitative estimate of drug-likeness (QED) is 0.289. The maximum absolute atomic E-state index is 14.2. The molecule has 6 heteroatoms. The second kappa shape index (κ2) is 8.77. The van der Waals surface area contributed by atoms with Crippen LogP contribution in [0.3, 0.4) is 0 Å². The van der Waals surface area contributed by atoms with E-state index in [0.717, 1.165) is 27.6 Å². The maximum atomic E-state index is 14.2. The fourth-order valence-corrected chi connectivity index (χ4v) is 12.3. The molecule has 0 radical (unpaired) electrons. The van der Waals surface area contributed by atoms with Crippen LogP contribution in [0.15, 0.2) is 82.7 Å². The normalized spacial score (nSPS) is 15.3. The van der Waals surface area contributed by atoms with Crippen molar-refractivity contribution in [3.05, 3.63) is 89.5 Å². The lowest BCUT2D eigenvalue weighted by Crippen LogP contribution is -2.57. The van der Waals surface area contributed by atoms with Gasteiger partial charge < -0.3 is 8.99 Å². The van der Waals surface area contributed by atoms with E-state index in [0.29, 0.717) is 34.2 Å². The van der Waals surface area contributed by atoms with E-state index in [4.69, 9.17) is 4.43 Å². The molecule has 5 rings (SSSR count). The fraction of sp³-hybridized carbons (Fsp3) is 0.310. The van der Waals surface area contributed by atoms with Crippen LogP contribution in [0, 0.1) is 6.92 Å². The average molecular weight is 504 g/mol. The number of hydrogen-bond acceptors (Lipinski definition) is 3. The fourth-order valence-electron chi connectivity index (χ4n) is 5.87. The van der Waals surface area contributed by atoms with Gasteiger partial charge in [0, 0.05) is 23.0 Å². The summed E-state index contributed by atoms with van der Waals surface area (Å²) in [6.07, 6.45) is 0. The third-order valence-electron chi connectivity index (χ3n) is 7.50.